The third-order valence-electron chi connectivity index (χ3n) is 5.80. The predicted molar refractivity (Wildman–Crippen MR) is 117 cm³/mol. The summed E-state index contributed by atoms with van der Waals surface area (Å²) in [4.78, 5) is 29.3. The van der Waals surface area contributed by atoms with Gasteiger partial charge in [0, 0.05) is 32.9 Å². The Hall–Kier alpha value is -3.39. The van der Waals surface area contributed by atoms with E-state index in [1.54, 1.807) is 25.3 Å². The average molecular weight is 440 g/mol. The number of rotatable bonds is 6. The molecule has 2 aromatic rings. The summed E-state index contributed by atoms with van der Waals surface area (Å²) in [7, 11) is 3.47. The number of anilines is 1. The van der Waals surface area contributed by atoms with Gasteiger partial charge in [0.2, 0.25) is 0 Å². The molecule has 1 fully saturated rings. The molecule has 0 aromatic heterocycles. The van der Waals surface area contributed by atoms with Crippen LogP contribution < -0.4 is 9.64 Å². The Morgan fingerprint density at radius 1 is 1.22 bits per heavy atom. The first-order valence-electron chi connectivity index (χ1n) is 10.4. The van der Waals surface area contributed by atoms with Crippen LogP contribution in [0.3, 0.4) is 0 Å². The number of Topliss-reactive ketones (excluding diaryl/α,β-unsaturated/α-hetero) is 1. The van der Waals surface area contributed by atoms with Crippen molar-refractivity contribution >= 4 is 23.1 Å². The Morgan fingerprint density at radius 3 is 2.69 bits per heavy atom. The normalized spacial score (nSPS) is 19.8. The van der Waals surface area contributed by atoms with Gasteiger partial charge in [0.05, 0.1) is 23.8 Å². The Labute approximate surface area is 185 Å². The number of methoxy groups -OCH3 is 1. The fourth-order valence-electron chi connectivity index (χ4n) is 4.14. The molecular formula is C24H25FN2O5. The van der Waals surface area contributed by atoms with E-state index in [4.69, 9.17) is 9.47 Å². The molecule has 0 radical (unpaired) electrons. The summed E-state index contributed by atoms with van der Waals surface area (Å²) in [5.41, 5.74) is 1.72. The van der Waals surface area contributed by atoms with Gasteiger partial charge in [-0.3, -0.25) is 9.59 Å². The number of likely N-dealkylation sites (tertiary alicyclic amines) is 1. The van der Waals surface area contributed by atoms with Gasteiger partial charge < -0.3 is 24.4 Å². The summed E-state index contributed by atoms with van der Waals surface area (Å²) in [6, 6.07) is 9.91. The van der Waals surface area contributed by atoms with Gasteiger partial charge in [0.1, 0.15) is 23.9 Å². The number of hydrogen-bond acceptors (Lipinski definition) is 6. The van der Waals surface area contributed by atoms with Gasteiger partial charge >= 0.3 is 0 Å². The minimum Gasteiger partial charge on any atom is -0.507 e. The van der Waals surface area contributed by atoms with Crippen LogP contribution in [0.25, 0.3) is 5.76 Å². The first-order valence-corrected chi connectivity index (χ1v) is 10.4. The molecule has 0 spiro atoms. The number of amides is 1. The van der Waals surface area contributed by atoms with Crippen molar-refractivity contribution in [3.63, 3.8) is 0 Å². The zero-order chi connectivity index (χ0) is 22.8. The second kappa shape index (κ2) is 9.00. The van der Waals surface area contributed by atoms with E-state index in [2.05, 4.69) is 0 Å². The highest BCUT2D eigenvalue weighted by atomic mass is 19.1. The van der Waals surface area contributed by atoms with Crippen LogP contribution in [0.4, 0.5) is 10.1 Å². The molecule has 168 valence electrons. The van der Waals surface area contributed by atoms with Crippen molar-refractivity contribution in [1.29, 1.82) is 0 Å². The van der Waals surface area contributed by atoms with Crippen molar-refractivity contribution in [1.82, 2.24) is 4.90 Å². The molecule has 1 atom stereocenters. The van der Waals surface area contributed by atoms with E-state index in [-0.39, 0.29) is 17.9 Å². The highest BCUT2D eigenvalue weighted by molar-refractivity contribution is 6.46. The monoisotopic (exact) mass is 440 g/mol. The van der Waals surface area contributed by atoms with E-state index < -0.39 is 23.5 Å². The summed E-state index contributed by atoms with van der Waals surface area (Å²) >= 11 is 0. The quantitative estimate of drug-likeness (QED) is 0.322. The van der Waals surface area contributed by atoms with Crippen molar-refractivity contribution in [3.8, 4) is 5.75 Å². The molecule has 7 nitrogen and oxygen atoms in total. The molecule has 1 saturated heterocycles. The van der Waals surface area contributed by atoms with Crippen molar-refractivity contribution in [2.24, 2.45) is 0 Å². The number of nitrogens with zero attached hydrogens (tertiary/aromatic N) is 2. The zero-order valence-electron chi connectivity index (χ0n) is 18.0. The number of hydrogen-bond donors (Lipinski definition) is 1. The number of ketones is 1. The maximum Gasteiger partial charge on any atom is 0.295 e. The second-order valence-corrected chi connectivity index (χ2v) is 7.84. The second-order valence-electron chi connectivity index (χ2n) is 7.84. The SMILES string of the molecule is COCCCN1C(=O)C(=O)/C(=C(\O)c2ccc3c(c2)N(C)CCO3)C1c1ccc(F)cc1. The lowest BCUT2D eigenvalue weighted by molar-refractivity contribution is -0.140. The predicted octanol–water partition coefficient (Wildman–Crippen LogP) is 3.11. The third-order valence-corrected chi connectivity index (χ3v) is 5.80. The van der Waals surface area contributed by atoms with E-state index in [1.165, 1.54) is 29.2 Å². The molecule has 32 heavy (non-hydrogen) atoms. The van der Waals surface area contributed by atoms with E-state index in [0.29, 0.717) is 43.1 Å². The summed E-state index contributed by atoms with van der Waals surface area (Å²) in [6.07, 6.45) is 0.516. The summed E-state index contributed by atoms with van der Waals surface area (Å²) in [5.74, 6) is -1.48. The van der Waals surface area contributed by atoms with Gasteiger partial charge in [-0.1, -0.05) is 12.1 Å². The average Bonchev–Trinajstić information content (AvgIpc) is 3.04. The Bertz CT molecular complexity index is 1070. The van der Waals surface area contributed by atoms with Crippen LogP contribution in [-0.4, -0.2) is 62.2 Å². The molecule has 4 rings (SSSR count). The number of aliphatic hydroxyl groups is 1. The lowest BCUT2D eigenvalue weighted by atomic mass is 9.95. The maximum absolute atomic E-state index is 13.5. The molecule has 1 amide bonds. The van der Waals surface area contributed by atoms with E-state index in [9.17, 15) is 19.1 Å². The van der Waals surface area contributed by atoms with Crippen molar-refractivity contribution in [3.05, 3.63) is 65.0 Å². The number of carbonyl (C=O) groups is 2. The smallest absolute Gasteiger partial charge is 0.295 e. The van der Waals surface area contributed by atoms with Crippen molar-refractivity contribution in [2.75, 3.05) is 45.4 Å². The molecule has 2 aromatic carbocycles. The highest BCUT2D eigenvalue weighted by Crippen LogP contribution is 2.41. The van der Waals surface area contributed by atoms with E-state index in [1.807, 2.05) is 11.9 Å². The Balaban J connectivity index is 1.81. The van der Waals surface area contributed by atoms with Crippen LogP contribution in [0.2, 0.25) is 0 Å². The van der Waals surface area contributed by atoms with Gasteiger partial charge in [0.15, 0.2) is 0 Å². The molecule has 2 heterocycles. The fourth-order valence-corrected chi connectivity index (χ4v) is 4.14. The third kappa shape index (κ3) is 3.93. The van der Waals surface area contributed by atoms with Gasteiger partial charge in [-0.05, 0) is 42.3 Å². The standard InChI is InChI=1S/C24H25FN2O5/c1-26-11-13-32-19-9-6-16(14-18(19)26)22(28)20-21(15-4-7-17(25)8-5-15)27(10-3-12-31-2)24(30)23(20)29/h4-9,14,21,28H,3,10-13H2,1-2H3/b22-20-. The van der Waals surface area contributed by atoms with Crippen LogP contribution in [-0.2, 0) is 14.3 Å². The number of ether oxygens (including phenoxy) is 2. The number of fused-ring (bicyclic) bond motifs is 1. The van der Waals surface area contributed by atoms with Gasteiger partial charge in [0.25, 0.3) is 11.7 Å². The number of likely N-dealkylation sites (N-methyl/N-ethyl adjacent to an activating group) is 1. The molecule has 0 saturated carbocycles. The van der Waals surface area contributed by atoms with Crippen molar-refractivity contribution in [2.45, 2.75) is 12.5 Å². The molecule has 0 aliphatic carbocycles. The molecule has 2 aliphatic heterocycles. The molecule has 8 heteroatoms. The van der Waals surface area contributed by atoms with Crippen LogP contribution in [0, 0.1) is 5.82 Å². The lowest BCUT2D eigenvalue weighted by Crippen LogP contribution is -2.31. The van der Waals surface area contributed by atoms with Crippen molar-refractivity contribution < 1.29 is 28.6 Å². The first kappa shape index (κ1) is 21.8. The topological polar surface area (TPSA) is 79.3 Å². The minimum absolute atomic E-state index is 0.0154. The fraction of sp³-hybridized carbons (Fsp3) is 0.333. The number of halogens is 1. The first-order chi connectivity index (χ1) is 15.4. The number of aliphatic hydroxyl groups excluding tert-OH is 1. The van der Waals surface area contributed by atoms with E-state index >= 15 is 0 Å². The summed E-state index contributed by atoms with van der Waals surface area (Å²) in [6.45, 7) is 1.93. The summed E-state index contributed by atoms with van der Waals surface area (Å²) in [5, 5.41) is 11.2. The van der Waals surface area contributed by atoms with Gasteiger partial charge in [-0.2, -0.15) is 0 Å². The number of carbonyl (C=O) groups excluding carboxylic acids is 2. The van der Waals surface area contributed by atoms with Gasteiger partial charge in [-0.25, -0.2) is 4.39 Å². The Morgan fingerprint density at radius 2 is 1.97 bits per heavy atom. The Kier molecular flexibility index (Phi) is 6.14. The van der Waals surface area contributed by atoms with Crippen LogP contribution in [0.15, 0.2) is 48.0 Å². The zero-order valence-corrected chi connectivity index (χ0v) is 18.0. The van der Waals surface area contributed by atoms with Crippen LogP contribution in [0.5, 0.6) is 5.75 Å². The van der Waals surface area contributed by atoms with Gasteiger partial charge in [-0.15, -0.1) is 0 Å². The highest BCUT2D eigenvalue weighted by Gasteiger charge is 2.45. The molecule has 1 unspecified atom stereocenters. The maximum atomic E-state index is 13.5. The van der Waals surface area contributed by atoms with E-state index in [0.717, 1.165) is 5.69 Å². The molecule has 0 bridgehead atoms. The largest absolute Gasteiger partial charge is 0.507 e. The summed E-state index contributed by atoms with van der Waals surface area (Å²) < 4.78 is 24.3. The minimum atomic E-state index is -0.822. The molecule has 2 aliphatic rings. The van der Waals surface area contributed by atoms with Crippen LogP contribution in [0.1, 0.15) is 23.6 Å². The molecular weight excluding hydrogens is 415 g/mol. The number of benzene rings is 2. The van der Waals surface area contributed by atoms with Crippen LogP contribution >= 0.6 is 0 Å². The molecule has 1 N–H and O–H groups in total. The lowest BCUT2D eigenvalue weighted by Gasteiger charge is -2.28.